The normalized spacial score (nSPS) is 13.8. The Kier molecular flexibility index (Phi) is 3.45. The quantitative estimate of drug-likeness (QED) is 0.805. The van der Waals surface area contributed by atoms with E-state index in [0.717, 1.165) is 0 Å². The second-order valence-electron chi connectivity index (χ2n) is 5.68. The molecule has 0 saturated heterocycles. The highest BCUT2D eigenvalue weighted by molar-refractivity contribution is 8.32. The van der Waals surface area contributed by atoms with Crippen LogP contribution in [0.5, 0.6) is 0 Å². The van der Waals surface area contributed by atoms with Crippen molar-refractivity contribution in [3.8, 4) is 0 Å². The Morgan fingerprint density at radius 3 is 2.28 bits per heavy atom. The fraction of sp³-hybridized carbons (Fsp3) is 0.533. The van der Waals surface area contributed by atoms with Crippen LogP contribution in [0.4, 0.5) is 0 Å². The first-order valence-electron chi connectivity index (χ1n) is 6.58. The van der Waals surface area contributed by atoms with Gasteiger partial charge in [-0.05, 0) is 25.3 Å². The summed E-state index contributed by atoms with van der Waals surface area (Å²) in [6.07, 6.45) is 4.41. The molecular formula is C15H24N2S. The van der Waals surface area contributed by atoms with Crippen LogP contribution in [-0.4, -0.2) is 25.9 Å². The van der Waals surface area contributed by atoms with E-state index in [1.54, 1.807) is 0 Å². The molecule has 0 N–H and O–H groups in total. The van der Waals surface area contributed by atoms with Crippen molar-refractivity contribution in [2.24, 2.45) is 0 Å². The zero-order valence-corrected chi connectivity index (χ0v) is 13.1. The predicted octanol–water partition coefficient (Wildman–Crippen LogP) is 4.36. The number of rotatable bonds is 3. The molecule has 0 aliphatic heterocycles. The largest absolute Gasteiger partial charge is 0.226 e. The highest BCUT2D eigenvalue weighted by Crippen LogP contribution is 2.55. The van der Waals surface area contributed by atoms with Gasteiger partial charge in [0.1, 0.15) is 0 Å². The van der Waals surface area contributed by atoms with Crippen LogP contribution in [0.15, 0.2) is 24.4 Å². The summed E-state index contributed by atoms with van der Waals surface area (Å²) >= 11 is 0. The first kappa shape index (κ1) is 13.5. The molecule has 0 amide bonds. The smallest absolute Gasteiger partial charge is 0.0793 e. The Morgan fingerprint density at radius 1 is 1.11 bits per heavy atom. The van der Waals surface area contributed by atoms with Gasteiger partial charge in [-0.2, -0.15) is 5.10 Å². The molecule has 100 valence electrons. The van der Waals surface area contributed by atoms with Crippen LogP contribution >= 0.6 is 10.2 Å². The third-order valence-corrected chi connectivity index (χ3v) is 8.83. The zero-order valence-electron chi connectivity index (χ0n) is 12.3. The van der Waals surface area contributed by atoms with Gasteiger partial charge >= 0.3 is 0 Å². The monoisotopic (exact) mass is 264 g/mol. The second-order valence-corrected chi connectivity index (χ2v) is 9.91. The first-order chi connectivity index (χ1) is 8.37. The van der Waals surface area contributed by atoms with Crippen LogP contribution in [0.3, 0.4) is 0 Å². The lowest BCUT2D eigenvalue weighted by atomic mass is 10.2. The molecule has 2 nitrogen and oxygen atoms in total. The summed E-state index contributed by atoms with van der Waals surface area (Å²) in [5, 5.41) is 7.22. The van der Waals surface area contributed by atoms with Crippen molar-refractivity contribution in [1.29, 1.82) is 0 Å². The average molecular weight is 264 g/mol. The lowest BCUT2D eigenvalue weighted by molar-refractivity contribution is 0.921. The molecule has 18 heavy (non-hydrogen) atoms. The Hall–Kier alpha value is -0.960. The third-order valence-electron chi connectivity index (χ3n) is 3.97. The van der Waals surface area contributed by atoms with Gasteiger partial charge in [0.2, 0.25) is 0 Å². The first-order valence-corrected chi connectivity index (χ1v) is 8.70. The molecule has 1 aromatic heterocycles. The van der Waals surface area contributed by atoms with Crippen molar-refractivity contribution < 1.29 is 0 Å². The summed E-state index contributed by atoms with van der Waals surface area (Å²) in [6.45, 7) is 11.4. The average Bonchev–Trinajstić information content (AvgIpc) is 2.70. The summed E-state index contributed by atoms with van der Waals surface area (Å²) in [7, 11) is -0.942. The van der Waals surface area contributed by atoms with Gasteiger partial charge in [0.25, 0.3) is 0 Å². The molecule has 2 rings (SSSR count). The summed E-state index contributed by atoms with van der Waals surface area (Å²) in [5.74, 6) is 0. The van der Waals surface area contributed by atoms with Crippen LogP contribution in [0, 0.1) is 6.92 Å². The topological polar surface area (TPSA) is 17.8 Å². The van der Waals surface area contributed by atoms with Gasteiger partial charge in [-0.1, -0.05) is 39.3 Å². The van der Waals surface area contributed by atoms with Gasteiger partial charge < -0.3 is 0 Å². The van der Waals surface area contributed by atoms with E-state index in [2.05, 4.69) is 63.2 Å². The number of hydrogen-bond donors (Lipinski definition) is 0. The molecule has 0 radical (unpaired) electrons. The Balaban J connectivity index is 2.66. The maximum absolute atomic E-state index is 4.70. The number of hydrogen-bond acceptors (Lipinski definition) is 1. The fourth-order valence-corrected chi connectivity index (χ4v) is 5.11. The van der Waals surface area contributed by atoms with E-state index >= 15 is 0 Å². The van der Waals surface area contributed by atoms with Gasteiger partial charge in [-0.3, -0.25) is 0 Å². The molecule has 1 heterocycles. The highest BCUT2D eigenvalue weighted by Gasteiger charge is 2.30. The second kappa shape index (κ2) is 4.61. The lowest BCUT2D eigenvalue weighted by Gasteiger charge is -2.44. The van der Waals surface area contributed by atoms with Crippen LogP contribution < -0.4 is 0 Å². The van der Waals surface area contributed by atoms with Crippen LogP contribution in [0.25, 0.3) is 10.9 Å². The van der Waals surface area contributed by atoms with E-state index in [9.17, 15) is 0 Å². The third kappa shape index (κ3) is 1.95. The highest BCUT2D eigenvalue weighted by atomic mass is 32.3. The van der Waals surface area contributed by atoms with Gasteiger partial charge in [-0.25, -0.2) is 4.09 Å². The molecule has 0 saturated carbocycles. The fourth-order valence-electron chi connectivity index (χ4n) is 2.39. The predicted molar refractivity (Wildman–Crippen MR) is 83.7 cm³/mol. The van der Waals surface area contributed by atoms with E-state index in [4.69, 9.17) is 5.10 Å². The standard InChI is InChI=1S/C15H24N2S/c1-11(2)18(6,12(3)4)17-15-8-7-13(5)9-14(15)10-16-17/h7-12H,1-6H3. The van der Waals surface area contributed by atoms with Gasteiger partial charge in [0.05, 0.1) is 11.7 Å². The van der Waals surface area contributed by atoms with Crippen molar-refractivity contribution in [3.05, 3.63) is 30.0 Å². The SMILES string of the molecule is Cc1ccc2c(cnn2S(C)(C(C)C)C(C)C)c1. The summed E-state index contributed by atoms with van der Waals surface area (Å²) < 4.78 is 2.30. The molecule has 0 unspecified atom stereocenters. The summed E-state index contributed by atoms with van der Waals surface area (Å²) in [6, 6.07) is 6.62. The minimum Gasteiger partial charge on any atom is -0.226 e. The molecule has 2 aromatic rings. The Morgan fingerprint density at radius 2 is 1.72 bits per heavy atom. The van der Waals surface area contributed by atoms with E-state index in [0.29, 0.717) is 10.5 Å². The van der Waals surface area contributed by atoms with Crippen molar-refractivity contribution in [3.63, 3.8) is 0 Å². The summed E-state index contributed by atoms with van der Waals surface area (Å²) in [4.78, 5) is 0. The minimum absolute atomic E-state index is 0.627. The van der Waals surface area contributed by atoms with E-state index < -0.39 is 10.2 Å². The van der Waals surface area contributed by atoms with Crippen molar-refractivity contribution in [1.82, 2.24) is 9.19 Å². The van der Waals surface area contributed by atoms with Gasteiger partial charge in [0.15, 0.2) is 0 Å². The van der Waals surface area contributed by atoms with Crippen LogP contribution in [0.2, 0.25) is 0 Å². The Labute approximate surface area is 112 Å². The number of fused-ring (bicyclic) bond motifs is 1. The molecule has 1 aromatic carbocycles. The number of nitrogens with zero attached hydrogens (tertiary/aromatic N) is 2. The summed E-state index contributed by atoms with van der Waals surface area (Å²) in [5.41, 5.74) is 2.58. The van der Waals surface area contributed by atoms with E-state index in [1.807, 2.05) is 6.20 Å². The maximum atomic E-state index is 4.70. The number of benzene rings is 1. The van der Waals surface area contributed by atoms with E-state index in [1.165, 1.54) is 16.5 Å². The molecule has 3 heteroatoms. The molecule has 0 fully saturated rings. The van der Waals surface area contributed by atoms with Crippen molar-refractivity contribution in [2.45, 2.75) is 45.1 Å². The van der Waals surface area contributed by atoms with Gasteiger partial charge in [-0.15, -0.1) is 10.2 Å². The molecule has 0 spiro atoms. The molecule has 0 bridgehead atoms. The number of aryl methyl sites for hydroxylation is 1. The minimum atomic E-state index is -0.942. The molecule has 0 aliphatic carbocycles. The molecule has 0 atom stereocenters. The van der Waals surface area contributed by atoms with Crippen LogP contribution in [-0.2, 0) is 0 Å². The van der Waals surface area contributed by atoms with Crippen molar-refractivity contribution in [2.75, 3.05) is 6.26 Å². The van der Waals surface area contributed by atoms with E-state index in [-0.39, 0.29) is 0 Å². The number of aromatic nitrogens is 2. The molecular weight excluding hydrogens is 240 g/mol. The van der Waals surface area contributed by atoms with Gasteiger partial charge in [0, 0.05) is 15.9 Å². The maximum Gasteiger partial charge on any atom is 0.0793 e. The lowest BCUT2D eigenvalue weighted by Crippen LogP contribution is -2.27. The Bertz CT molecular complexity index is 547. The van der Waals surface area contributed by atoms with Crippen molar-refractivity contribution >= 4 is 21.1 Å². The molecule has 0 aliphatic rings. The zero-order chi connectivity index (χ0) is 13.5. The van der Waals surface area contributed by atoms with Crippen LogP contribution in [0.1, 0.15) is 33.3 Å².